The second-order valence-corrected chi connectivity index (χ2v) is 6.37. The Morgan fingerprint density at radius 1 is 1.07 bits per heavy atom. The normalized spacial score (nSPS) is 10.4. The molecule has 1 N–H and O–H groups in total. The molecule has 8 nitrogen and oxygen atoms in total. The number of aromatic nitrogens is 3. The van der Waals surface area contributed by atoms with Gasteiger partial charge in [0.15, 0.2) is 17.3 Å². The number of carbonyl (C=O) groups is 2. The topological polar surface area (TPSA) is 95.3 Å². The zero-order valence-corrected chi connectivity index (χ0v) is 16.5. The Balaban J connectivity index is 1.63. The van der Waals surface area contributed by atoms with Crippen LogP contribution in [0.2, 0.25) is 0 Å². The minimum atomic E-state index is -0.212. The number of hydrogen-bond donors (Lipinski definition) is 1. The number of ketones is 1. The second kappa shape index (κ2) is 9.01. The molecule has 2 aromatic carbocycles. The van der Waals surface area contributed by atoms with Crippen molar-refractivity contribution in [2.45, 2.75) is 20.0 Å². The Morgan fingerprint density at radius 3 is 2.55 bits per heavy atom. The molecule has 29 heavy (non-hydrogen) atoms. The van der Waals surface area contributed by atoms with E-state index < -0.39 is 0 Å². The van der Waals surface area contributed by atoms with E-state index in [1.165, 1.54) is 11.6 Å². The van der Waals surface area contributed by atoms with Crippen molar-refractivity contribution in [3.63, 3.8) is 0 Å². The van der Waals surface area contributed by atoms with Crippen molar-refractivity contribution in [3.05, 3.63) is 59.8 Å². The maximum atomic E-state index is 12.3. The zero-order valence-electron chi connectivity index (χ0n) is 16.5. The van der Waals surface area contributed by atoms with E-state index in [0.717, 1.165) is 5.56 Å². The molecule has 0 aliphatic rings. The standard InChI is InChI=1S/C21H22N4O4/c1-14(26)16-6-4-5-7-17(16)18-12-25(24-23-18)13-21(27)22-11-15-8-9-19(28-2)20(10-15)29-3/h4-10,12H,11,13H2,1-3H3,(H,22,27). The van der Waals surface area contributed by atoms with Gasteiger partial charge >= 0.3 is 0 Å². The Labute approximate surface area is 168 Å². The number of carbonyl (C=O) groups excluding carboxylic acids is 2. The smallest absolute Gasteiger partial charge is 0.242 e. The van der Waals surface area contributed by atoms with Crippen LogP contribution in [0.3, 0.4) is 0 Å². The largest absolute Gasteiger partial charge is 0.493 e. The van der Waals surface area contributed by atoms with Crippen molar-refractivity contribution >= 4 is 11.7 Å². The molecule has 3 rings (SSSR count). The number of nitrogens with one attached hydrogen (secondary N) is 1. The van der Waals surface area contributed by atoms with E-state index in [-0.39, 0.29) is 18.2 Å². The van der Waals surface area contributed by atoms with Crippen molar-refractivity contribution in [2.75, 3.05) is 14.2 Å². The Kier molecular flexibility index (Phi) is 6.23. The first-order valence-electron chi connectivity index (χ1n) is 9.00. The molecule has 1 aromatic heterocycles. The van der Waals surface area contributed by atoms with Crippen molar-refractivity contribution < 1.29 is 19.1 Å². The lowest BCUT2D eigenvalue weighted by atomic mass is 10.0. The summed E-state index contributed by atoms with van der Waals surface area (Å²) in [7, 11) is 3.13. The monoisotopic (exact) mass is 394 g/mol. The number of benzene rings is 2. The van der Waals surface area contributed by atoms with Crippen LogP contribution in [-0.4, -0.2) is 40.9 Å². The van der Waals surface area contributed by atoms with Gasteiger partial charge in [-0.3, -0.25) is 9.59 Å². The van der Waals surface area contributed by atoms with E-state index in [1.54, 1.807) is 38.6 Å². The highest BCUT2D eigenvalue weighted by Gasteiger charge is 2.13. The molecule has 0 radical (unpaired) electrons. The van der Waals surface area contributed by atoms with Gasteiger partial charge in [0.05, 0.1) is 20.4 Å². The SMILES string of the molecule is COc1ccc(CNC(=O)Cn2cc(-c3ccccc3C(C)=O)nn2)cc1OC. The Hall–Kier alpha value is -3.68. The molecule has 0 aliphatic carbocycles. The highest BCUT2D eigenvalue weighted by atomic mass is 16.5. The van der Waals surface area contributed by atoms with E-state index in [0.29, 0.717) is 34.9 Å². The fourth-order valence-corrected chi connectivity index (χ4v) is 2.91. The fourth-order valence-electron chi connectivity index (χ4n) is 2.91. The van der Waals surface area contributed by atoms with Crippen LogP contribution in [0, 0.1) is 0 Å². The quantitative estimate of drug-likeness (QED) is 0.590. The molecule has 1 heterocycles. The highest BCUT2D eigenvalue weighted by molar-refractivity contribution is 6.00. The minimum absolute atomic E-state index is 0.0164. The molecule has 8 heteroatoms. The highest BCUT2D eigenvalue weighted by Crippen LogP contribution is 2.27. The summed E-state index contributed by atoms with van der Waals surface area (Å²) < 4.78 is 11.9. The van der Waals surface area contributed by atoms with Crippen molar-refractivity contribution in [2.24, 2.45) is 0 Å². The van der Waals surface area contributed by atoms with Crippen LogP contribution in [0.4, 0.5) is 0 Å². The third kappa shape index (κ3) is 4.78. The molecule has 0 fully saturated rings. The molecular weight excluding hydrogens is 372 g/mol. The fraction of sp³-hybridized carbons (Fsp3) is 0.238. The van der Waals surface area contributed by atoms with Gasteiger partial charge in [-0.1, -0.05) is 35.5 Å². The molecular formula is C21H22N4O4. The lowest BCUT2D eigenvalue weighted by Crippen LogP contribution is -2.27. The molecule has 1 amide bonds. The van der Waals surface area contributed by atoms with Gasteiger partial charge in [-0.15, -0.1) is 5.10 Å². The first-order chi connectivity index (χ1) is 14.0. The van der Waals surface area contributed by atoms with E-state index in [1.807, 2.05) is 24.3 Å². The van der Waals surface area contributed by atoms with Crippen molar-refractivity contribution in [3.8, 4) is 22.8 Å². The number of hydrogen-bond acceptors (Lipinski definition) is 6. The molecule has 0 atom stereocenters. The Bertz CT molecular complexity index is 1030. The zero-order chi connectivity index (χ0) is 20.8. The van der Waals surface area contributed by atoms with Gasteiger partial charge in [-0.2, -0.15) is 0 Å². The van der Waals surface area contributed by atoms with Gasteiger partial charge in [0.25, 0.3) is 0 Å². The lowest BCUT2D eigenvalue weighted by Gasteiger charge is -2.10. The number of amides is 1. The molecule has 0 spiro atoms. The maximum Gasteiger partial charge on any atom is 0.242 e. The van der Waals surface area contributed by atoms with Crippen LogP contribution in [0.15, 0.2) is 48.7 Å². The van der Waals surface area contributed by atoms with Crippen LogP contribution < -0.4 is 14.8 Å². The number of nitrogens with zero attached hydrogens (tertiary/aromatic N) is 3. The molecule has 0 saturated heterocycles. The summed E-state index contributed by atoms with van der Waals surface area (Å²) in [5.74, 6) is 0.965. The van der Waals surface area contributed by atoms with E-state index in [9.17, 15) is 9.59 Å². The lowest BCUT2D eigenvalue weighted by molar-refractivity contribution is -0.122. The van der Waals surface area contributed by atoms with E-state index in [4.69, 9.17) is 9.47 Å². The summed E-state index contributed by atoms with van der Waals surface area (Å²) in [4.78, 5) is 24.1. The number of rotatable bonds is 8. The maximum absolute atomic E-state index is 12.3. The first-order valence-corrected chi connectivity index (χ1v) is 9.00. The van der Waals surface area contributed by atoms with Gasteiger partial charge < -0.3 is 14.8 Å². The average molecular weight is 394 g/mol. The van der Waals surface area contributed by atoms with Crippen LogP contribution >= 0.6 is 0 Å². The predicted octanol–water partition coefficient (Wildman–Crippen LogP) is 2.48. The average Bonchev–Trinajstić information content (AvgIpc) is 3.20. The van der Waals surface area contributed by atoms with Gasteiger partial charge in [-0.05, 0) is 24.6 Å². The summed E-state index contributed by atoms with van der Waals surface area (Å²) in [5.41, 5.74) is 2.68. The first kappa shape index (κ1) is 20.1. The molecule has 3 aromatic rings. The Morgan fingerprint density at radius 2 is 1.83 bits per heavy atom. The molecule has 0 saturated carbocycles. The van der Waals surface area contributed by atoms with Crippen molar-refractivity contribution in [1.82, 2.24) is 20.3 Å². The number of ether oxygens (including phenoxy) is 2. The van der Waals surface area contributed by atoms with Gasteiger partial charge in [0.1, 0.15) is 12.2 Å². The van der Waals surface area contributed by atoms with Gasteiger partial charge in [0.2, 0.25) is 5.91 Å². The number of Topliss-reactive ketones (excluding diaryl/α,β-unsaturated/α-hetero) is 1. The molecule has 0 unspecified atom stereocenters. The van der Waals surface area contributed by atoms with Gasteiger partial charge in [0, 0.05) is 17.7 Å². The summed E-state index contributed by atoms with van der Waals surface area (Å²) in [6.45, 7) is 1.86. The third-order valence-electron chi connectivity index (χ3n) is 4.36. The van der Waals surface area contributed by atoms with Crippen LogP contribution in [-0.2, 0) is 17.9 Å². The van der Waals surface area contributed by atoms with Crippen LogP contribution in [0.1, 0.15) is 22.8 Å². The van der Waals surface area contributed by atoms with Crippen LogP contribution in [0.25, 0.3) is 11.3 Å². The van der Waals surface area contributed by atoms with Crippen molar-refractivity contribution in [1.29, 1.82) is 0 Å². The van der Waals surface area contributed by atoms with E-state index in [2.05, 4.69) is 15.6 Å². The molecule has 0 bridgehead atoms. The minimum Gasteiger partial charge on any atom is -0.493 e. The van der Waals surface area contributed by atoms with Crippen LogP contribution in [0.5, 0.6) is 11.5 Å². The number of methoxy groups -OCH3 is 2. The van der Waals surface area contributed by atoms with Gasteiger partial charge in [-0.25, -0.2) is 4.68 Å². The summed E-state index contributed by atoms with van der Waals surface area (Å²) >= 11 is 0. The molecule has 0 aliphatic heterocycles. The predicted molar refractivity (Wildman–Crippen MR) is 107 cm³/mol. The second-order valence-electron chi connectivity index (χ2n) is 6.37. The third-order valence-corrected chi connectivity index (χ3v) is 4.36. The molecule has 150 valence electrons. The summed E-state index contributed by atoms with van der Waals surface area (Å²) in [6, 6.07) is 12.6. The van der Waals surface area contributed by atoms with E-state index >= 15 is 0 Å². The summed E-state index contributed by atoms with van der Waals surface area (Å²) in [5, 5.41) is 10.9. The summed E-state index contributed by atoms with van der Waals surface area (Å²) in [6.07, 6.45) is 1.65.